The van der Waals surface area contributed by atoms with E-state index in [4.69, 9.17) is 9.47 Å². The highest BCUT2D eigenvalue weighted by Gasteiger charge is 2.18. The van der Waals surface area contributed by atoms with Gasteiger partial charge >= 0.3 is 0 Å². The molecule has 1 aliphatic rings. The maximum absolute atomic E-state index is 12.3. The Kier molecular flexibility index (Phi) is 8.25. The molecule has 1 aromatic rings. The predicted octanol–water partition coefficient (Wildman–Crippen LogP) is 2.72. The number of likely N-dealkylation sites (tertiary alicyclic amines) is 1. The topological polar surface area (TPSA) is 59.1 Å². The summed E-state index contributed by atoms with van der Waals surface area (Å²) in [6.07, 6.45) is 4.05. The molecular weight excluding hydrogens is 332 g/mol. The quantitative estimate of drug-likeness (QED) is 0.678. The molecule has 0 aromatic heterocycles. The molecule has 6 nitrogen and oxygen atoms in total. The summed E-state index contributed by atoms with van der Waals surface area (Å²) < 4.78 is 11.3. The van der Waals surface area contributed by atoms with Crippen molar-refractivity contribution < 1.29 is 19.1 Å². The lowest BCUT2D eigenvalue weighted by atomic mass is 10.2. The molecule has 1 aromatic carbocycles. The minimum atomic E-state index is 0.0312. The highest BCUT2D eigenvalue weighted by Crippen LogP contribution is 2.26. The number of carbonyl (C=O) groups excluding carboxylic acids is 2. The molecule has 144 valence electrons. The molecule has 1 saturated heterocycles. The summed E-state index contributed by atoms with van der Waals surface area (Å²) in [5.74, 6) is 1.60. The number of amides is 2. The molecule has 0 unspecified atom stereocenters. The van der Waals surface area contributed by atoms with Gasteiger partial charge in [0.25, 0.3) is 0 Å². The highest BCUT2D eigenvalue weighted by molar-refractivity contribution is 5.79. The number of likely N-dealkylation sites (N-methyl/N-ethyl adjacent to an activating group) is 1. The minimum absolute atomic E-state index is 0.0312. The van der Waals surface area contributed by atoms with Crippen LogP contribution in [0, 0.1) is 0 Å². The Morgan fingerprint density at radius 2 is 1.88 bits per heavy atom. The third-order valence-electron chi connectivity index (χ3n) is 4.53. The molecule has 2 rings (SSSR count). The van der Waals surface area contributed by atoms with Gasteiger partial charge in [-0.25, -0.2) is 0 Å². The lowest BCUT2D eigenvalue weighted by Gasteiger charge is -2.23. The molecule has 0 aliphatic carbocycles. The molecule has 0 spiro atoms. The fraction of sp³-hybridized carbons (Fsp3) is 0.600. The van der Waals surface area contributed by atoms with Crippen LogP contribution in [0.25, 0.3) is 0 Å². The average molecular weight is 362 g/mol. The Morgan fingerprint density at radius 1 is 1.15 bits per heavy atom. The number of nitrogens with zero attached hydrogens (tertiary/aromatic N) is 2. The Labute approximate surface area is 156 Å². The predicted molar refractivity (Wildman–Crippen MR) is 100 cm³/mol. The minimum Gasteiger partial charge on any atom is -0.490 e. The van der Waals surface area contributed by atoms with E-state index in [0.717, 1.165) is 25.8 Å². The van der Waals surface area contributed by atoms with Gasteiger partial charge in [-0.1, -0.05) is 18.6 Å². The van der Waals surface area contributed by atoms with Crippen LogP contribution in [-0.4, -0.2) is 61.5 Å². The first-order valence-electron chi connectivity index (χ1n) is 9.48. The third kappa shape index (κ3) is 6.24. The molecule has 2 amide bonds. The molecule has 0 atom stereocenters. The maximum atomic E-state index is 12.3. The van der Waals surface area contributed by atoms with Crippen LogP contribution in [0.2, 0.25) is 0 Å². The van der Waals surface area contributed by atoms with Crippen molar-refractivity contribution in [2.24, 2.45) is 0 Å². The largest absolute Gasteiger partial charge is 0.490 e. The van der Waals surface area contributed by atoms with Gasteiger partial charge in [0, 0.05) is 33.0 Å². The second-order valence-corrected chi connectivity index (χ2v) is 6.48. The number of para-hydroxylation sites is 2. The van der Waals surface area contributed by atoms with E-state index in [1.165, 1.54) is 0 Å². The van der Waals surface area contributed by atoms with E-state index in [-0.39, 0.29) is 11.8 Å². The van der Waals surface area contributed by atoms with Crippen LogP contribution in [0.1, 0.15) is 39.0 Å². The van der Waals surface area contributed by atoms with Crippen LogP contribution in [0.3, 0.4) is 0 Å². The number of carbonyl (C=O) groups is 2. The number of hydrogen-bond acceptors (Lipinski definition) is 4. The normalized spacial score (nSPS) is 14.7. The SMILES string of the molecule is CCOc1ccccc1OCCN(C)C(=O)CCN1CCCCCC1=O. The average Bonchev–Trinajstić information content (AvgIpc) is 2.85. The van der Waals surface area contributed by atoms with Crippen LogP contribution >= 0.6 is 0 Å². The van der Waals surface area contributed by atoms with Crippen LogP contribution < -0.4 is 9.47 Å². The fourth-order valence-electron chi connectivity index (χ4n) is 2.96. The smallest absolute Gasteiger partial charge is 0.224 e. The van der Waals surface area contributed by atoms with Crippen LogP contribution in [0.5, 0.6) is 11.5 Å². The molecule has 0 radical (unpaired) electrons. The van der Waals surface area contributed by atoms with Crippen molar-refractivity contribution in [2.45, 2.75) is 39.0 Å². The van der Waals surface area contributed by atoms with E-state index in [0.29, 0.717) is 50.6 Å². The van der Waals surface area contributed by atoms with Gasteiger partial charge in [-0.05, 0) is 31.9 Å². The molecule has 1 aliphatic heterocycles. The summed E-state index contributed by atoms with van der Waals surface area (Å²) in [6.45, 7) is 4.68. The Morgan fingerprint density at radius 3 is 2.62 bits per heavy atom. The third-order valence-corrected chi connectivity index (χ3v) is 4.53. The zero-order valence-electron chi connectivity index (χ0n) is 15.9. The van der Waals surface area contributed by atoms with Crippen molar-refractivity contribution in [2.75, 3.05) is 39.9 Å². The van der Waals surface area contributed by atoms with Crippen molar-refractivity contribution in [3.63, 3.8) is 0 Å². The molecule has 6 heteroatoms. The summed E-state index contributed by atoms with van der Waals surface area (Å²) in [5, 5.41) is 0. The Bertz CT molecular complexity index is 591. The number of rotatable bonds is 9. The van der Waals surface area contributed by atoms with Gasteiger partial charge in [-0.3, -0.25) is 9.59 Å². The Balaban J connectivity index is 1.72. The molecule has 0 saturated carbocycles. The molecular formula is C20H30N2O4. The van der Waals surface area contributed by atoms with Gasteiger partial charge in [0.2, 0.25) is 11.8 Å². The van der Waals surface area contributed by atoms with E-state index >= 15 is 0 Å². The fourth-order valence-corrected chi connectivity index (χ4v) is 2.96. The van der Waals surface area contributed by atoms with Crippen molar-refractivity contribution in [3.05, 3.63) is 24.3 Å². The zero-order chi connectivity index (χ0) is 18.8. The summed E-state index contributed by atoms with van der Waals surface area (Å²) >= 11 is 0. The second kappa shape index (κ2) is 10.7. The van der Waals surface area contributed by atoms with E-state index in [2.05, 4.69) is 0 Å². The van der Waals surface area contributed by atoms with Crippen molar-refractivity contribution in [1.29, 1.82) is 0 Å². The lowest BCUT2D eigenvalue weighted by molar-refractivity contribution is -0.133. The molecule has 1 heterocycles. The van der Waals surface area contributed by atoms with Gasteiger partial charge in [-0.2, -0.15) is 0 Å². The van der Waals surface area contributed by atoms with Crippen LogP contribution in [0.4, 0.5) is 0 Å². The number of benzene rings is 1. The zero-order valence-corrected chi connectivity index (χ0v) is 15.9. The van der Waals surface area contributed by atoms with E-state index in [1.807, 2.05) is 36.1 Å². The van der Waals surface area contributed by atoms with Gasteiger partial charge in [0.05, 0.1) is 13.2 Å². The monoisotopic (exact) mass is 362 g/mol. The molecule has 1 fully saturated rings. The van der Waals surface area contributed by atoms with Gasteiger partial charge < -0.3 is 19.3 Å². The van der Waals surface area contributed by atoms with Gasteiger partial charge in [0.15, 0.2) is 11.5 Å². The number of ether oxygens (including phenoxy) is 2. The first kappa shape index (κ1) is 20.1. The molecule has 0 N–H and O–H groups in total. The van der Waals surface area contributed by atoms with E-state index < -0.39 is 0 Å². The van der Waals surface area contributed by atoms with Crippen molar-refractivity contribution >= 4 is 11.8 Å². The molecule has 0 bridgehead atoms. The summed E-state index contributed by atoms with van der Waals surface area (Å²) in [7, 11) is 1.77. The van der Waals surface area contributed by atoms with E-state index in [1.54, 1.807) is 11.9 Å². The second-order valence-electron chi connectivity index (χ2n) is 6.48. The summed E-state index contributed by atoms with van der Waals surface area (Å²) in [4.78, 5) is 27.8. The van der Waals surface area contributed by atoms with Gasteiger partial charge in [0.1, 0.15) is 6.61 Å². The number of hydrogen-bond donors (Lipinski definition) is 0. The molecule has 26 heavy (non-hydrogen) atoms. The van der Waals surface area contributed by atoms with Crippen LogP contribution in [0.15, 0.2) is 24.3 Å². The summed E-state index contributed by atoms with van der Waals surface area (Å²) in [6, 6.07) is 7.52. The highest BCUT2D eigenvalue weighted by atomic mass is 16.5. The Hall–Kier alpha value is -2.24. The standard InChI is InChI=1S/C20H30N2O4/c1-3-25-17-9-6-7-10-18(17)26-16-15-21(2)19(23)12-14-22-13-8-4-5-11-20(22)24/h6-7,9-10H,3-5,8,11-16H2,1-2H3. The van der Waals surface area contributed by atoms with Crippen LogP contribution in [-0.2, 0) is 9.59 Å². The van der Waals surface area contributed by atoms with Crippen molar-refractivity contribution in [1.82, 2.24) is 9.80 Å². The van der Waals surface area contributed by atoms with Crippen molar-refractivity contribution in [3.8, 4) is 11.5 Å². The van der Waals surface area contributed by atoms with E-state index in [9.17, 15) is 9.59 Å². The maximum Gasteiger partial charge on any atom is 0.224 e. The lowest BCUT2D eigenvalue weighted by Crippen LogP contribution is -2.36. The van der Waals surface area contributed by atoms with Gasteiger partial charge in [-0.15, -0.1) is 0 Å². The first-order valence-corrected chi connectivity index (χ1v) is 9.48. The summed E-state index contributed by atoms with van der Waals surface area (Å²) in [5.41, 5.74) is 0. The first-order chi connectivity index (χ1) is 12.6.